The van der Waals surface area contributed by atoms with E-state index in [9.17, 15) is 4.79 Å². The highest BCUT2D eigenvalue weighted by Crippen LogP contribution is 2.16. The number of aromatic nitrogens is 1. The second kappa shape index (κ2) is 2.85. The third-order valence-corrected chi connectivity index (χ3v) is 1.92. The highest BCUT2D eigenvalue weighted by Gasteiger charge is 2.03. The van der Waals surface area contributed by atoms with Crippen LogP contribution in [-0.2, 0) is 0 Å². The first-order chi connectivity index (χ1) is 6.16. The molecule has 0 N–H and O–H groups in total. The molecule has 0 radical (unpaired) electrons. The van der Waals surface area contributed by atoms with Gasteiger partial charge >= 0.3 is 0 Å². The highest BCUT2D eigenvalue weighted by atomic mass is 35.5. The van der Waals surface area contributed by atoms with Gasteiger partial charge in [0.25, 0.3) is 5.56 Å². The number of halogens is 1. The summed E-state index contributed by atoms with van der Waals surface area (Å²) in [6, 6.07) is 4.88. The summed E-state index contributed by atoms with van der Waals surface area (Å²) in [5.41, 5.74) is 0.211. The Balaban J connectivity index is 2.95. The van der Waals surface area contributed by atoms with Gasteiger partial charge in [-0.3, -0.25) is 4.79 Å². The maximum atomic E-state index is 11.3. The normalized spacial score (nSPS) is 10.6. The lowest BCUT2D eigenvalue weighted by molar-refractivity contribution is 0.534. The van der Waals surface area contributed by atoms with Gasteiger partial charge in [-0.1, -0.05) is 11.6 Å². The Kier molecular flexibility index (Phi) is 1.81. The van der Waals surface area contributed by atoms with Crippen molar-refractivity contribution in [2.45, 2.75) is 6.92 Å². The molecule has 3 nitrogen and oxygen atoms in total. The molecule has 1 heterocycles. The molecule has 0 unspecified atom stereocenters. The molecule has 4 heteroatoms. The molecule has 1 aromatic carbocycles. The molecule has 0 saturated carbocycles. The summed E-state index contributed by atoms with van der Waals surface area (Å²) >= 11 is 5.72. The molecule has 13 heavy (non-hydrogen) atoms. The van der Waals surface area contributed by atoms with Crippen molar-refractivity contribution >= 4 is 22.6 Å². The van der Waals surface area contributed by atoms with Crippen LogP contribution in [-0.4, -0.2) is 4.98 Å². The van der Waals surface area contributed by atoms with Gasteiger partial charge in [0.1, 0.15) is 5.58 Å². The maximum Gasteiger partial charge on any atom is 0.283 e. The van der Waals surface area contributed by atoms with Crippen molar-refractivity contribution in [3.63, 3.8) is 0 Å². The second-order valence-electron chi connectivity index (χ2n) is 2.68. The summed E-state index contributed by atoms with van der Waals surface area (Å²) < 4.78 is 5.23. The Labute approximate surface area is 79.0 Å². The Morgan fingerprint density at radius 2 is 2.23 bits per heavy atom. The summed E-state index contributed by atoms with van der Waals surface area (Å²) in [5.74, 6) is 0.361. The molecule has 2 aromatic rings. The average molecular weight is 196 g/mol. The Morgan fingerprint density at radius 3 is 3.00 bits per heavy atom. The lowest BCUT2D eigenvalue weighted by atomic mass is 10.2. The molecule has 0 saturated heterocycles. The molecule has 1 aromatic heterocycles. The summed E-state index contributed by atoms with van der Waals surface area (Å²) in [5, 5.41) is 0.920. The van der Waals surface area contributed by atoms with Gasteiger partial charge in [0, 0.05) is 11.9 Å². The van der Waals surface area contributed by atoms with Gasteiger partial charge in [-0.2, -0.15) is 4.98 Å². The van der Waals surface area contributed by atoms with Crippen LogP contribution >= 0.6 is 11.6 Å². The molecule has 0 aliphatic heterocycles. The fourth-order valence-electron chi connectivity index (χ4n) is 1.14. The molecule has 0 spiro atoms. The van der Waals surface area contributed by atoms with E-state index in [1.807, 2.05) is 0 Å². The van der Waals surface area contributed by atoms with Crippen LogP contribution < -0.4 is 5.56 Å². The van der Waals surface area contributed by atoms with Crippen molar-refractivity contribution in [3.8, 4) is 0 Å². The maximum absolute atomic E-state index is 11.3. The zero-order valence-electron chi connectivity index (χ0n) is 6.87. The third-order valence-electron chi connectivity index (χ3n) is 1.69. The van der Waals surface area contributed by atoms with E-state index >= 15 is 0 Å². The van der Waals surface area contributed by atoms with Crippen LogP contribution in [0.15, 0.2) is 27.4 Å². The van der Waals surface area contributed by atoms with E-state index in [4.69, 9.17) is 16.0 Å². The third kappa shape index (κ3) is 1.42. The molecule has 0 bridgehead atoms. The lowest BCUT2D eigenvalue weighted by Crippen LogP contribution is -2.06. The first-order valence-electron chi connectivity index (χ1n) is 3.74. The number of aryl methyl sites for hydroxylation is 1. The number of rotatable bonds is 0. The van der Waals surface area contributed by atoms with Crippen LogP contribution in [0.25, 0.3) is 11.0 Å². The average Bonchev–Trinajstić information content (AvgIpc) is 2.06. The largest absolute Gasteiger partial charge is 0.442 e. The van der Waals surface area contributed by atoms with Crippen molar-refractivity contribution in [2.75, 3.05) is 0 Å². The highest BCUT2D eigenvalue weighted by molar-refractivity contribution is 6.31. The van der Waals surface area contributed by atoms with Crippen molar-refractivity contribution in [2.24, 2.45) is 0 Å². The Hall–Kier alpha value is -1.35. The number of hydrogen-bond acceptors (Lipinski definition) is 3. The zero-order valence-corrected chi connectivity index (χ0v) is 7.63. The van der Waals surface area contributed by atoms with Gasteiger partial charge in [-0.15, -0.1) is 0 Å². The van der Waals surface area contributed by atoms with Crippen molar-refractivity contribution in [1.29, 1.82) is 0 Å². The molecule has 0 fully saturated rings. The quantitative estimate of drug-likeness (QED) is 0.647. The molecule has 2 rings (SSSR count). The summed E-state index contributed by atoms with van der Waals surface area (Å²) in [6.45, 7) is 1.63. The zero-order chi connectivity index (χ0) is 9.42. The van der Waals surface area contributed by atoms with E-state index in [-0.39, 0.29) is 5.56 Å². The van der Waals surface area contributed by atoms with Crippen molar-refractivity contribution < 1.29 is 4.42 Å². The van der Waals surface area contributed by atoms with Crippen LogP contribution in [0, 0.1) is 6.92 Å². The van der Waals surface area contributed by atoms with E-state index in [2.05, 4.69) is 4.98 Å². The first-order valence-corrected chi connectivity index (χ1v) is 4.11. The summed E-state index contributed by atoms with van der Waals surface area (Å²) in [6.07, 6.45) is 0. The minimum absolute atomic E-state index is 0.304. The minimum Gasteiger partial charge on any atom is -0.442 e. The molecule has 66 valence electrons. The van der Waals surface area contributed by atoms with Gasteiger partial charge < -0.3 is 4.42 Å². The minimum atomic E-state index is -0.304. The Bertz CT molecular complexity index is 518. The van der Waals surface area contributed by atoms with Gasteiger partial charge in [0.15, 0.2) is 5.89 Å². The van der Waals surface area contributed by atoms with Gasteiger partial charge in [-0.25, -0.2) is 0 Å². The van der Waals surface area contributed by atoms with Gasteiger partial charge in [-0.05, 0) is 18.2 Å². The van der Waals surface area contributed by atoms with E-state index < -0.39 is 0 Å². The molecule has 0 amide bonds. The standard InChI is InChI=1S/C9H6ClNO2/c1-5-11-9(12)7-4-6(10)2-3-8(7)13-5/h2-4H,1H3. The molecule has 0 aliphatic carbocycles. The summed E-state index contributed by atoms with van der Waals surface area (Å²) in [7, 11) is 0. The van der Waals surface area contributed by atoms with Crippen molar-refractivity contribution in [1.82, 2.24) is 4.98 Å². The second-order valence-corrected chi connectivity index (χ2v) is 3.11. The number of hydrogen-bond donors (Lipinski definition) is 0. The predicted molar refractivity (Wildman–Crippen MR) is 50.0 cm³/mol. The fraction of sp³-hybridized carbons (Fsp3) is 0.111. The van der Waals surface area contributed by atoms with Crippen LogP contribution in [0.4, 0.5) is 0 Å². The van der Waals surface area contributed by atoms with Crippen molar-refractivity contribution in [3.05, 3.63) is 39.5 Å². The van der Waals surface area contributed by atoms with Gasteiger partial charge in [0.2, 0.25) is 0 Å². The Morgan fingerprint density at radius 1 is 1.46 bits per heavy atom. The molecular weight excluding hydrogens is 190 g/mol. The number of benzene rings is 1. The summed E-state index contributed by atoms with van der Waals surface area (Å²) in [4.78, 5) is 15.0. The van der Waals surface area contributed by atoms with Crippen LogP contribution in [0.5, 0.6) is 0 Å². The van der Waals surface area contributed by atoms with E-state index in [0.29, 0.717) is 21.9 Å². The molecule has 0 aliphatic rings. The first kappa shape index (κ1) is 8.26. The van der Waals surface area contributed by atoms with E-state index in [0.717, 1.165) is 0 Å². The van der Waals surface area contributed by atoms with Gasteiger partial charge in [0.05, 0.1) is 5.39 Å². The van der Waals surface area contributed by atoms with Crippen LogP contribution in [0.3, 0.4) is 0 Å². The number of nitrogens with zero attached hydrogens (tertiary/aromatic N) is 1. The van der Waals surface area contributed by atoms with E-state index in [1.54, 1.807) is 25.1 Å². The topological polar surface area (TPSA) is 43.1 Å². The van der Waals surface area contributed by atoms with E-state index in [1.165, 1.54) is 0 Å². The predicted octanol–water partition coefficient (Wildman–Crippen LogP) is 2.15. The number of fused-ring (bicyclic) bond motifs is 1. The van der Waals surface area contributed by atoms with Crippen LogP contribution in [0.1, 0.15) is 5.89 Å². The SMILES string of the molecule is Cc1nc(=O)c2cc(Cl)ccc2o1. The fourth-order valence-corrected chi connectivity index (χ4v) is 1.32. The smallest absolute Gasteiger partial charge is 0.283 e. The monoisotopic (exact) mass is 195 g/mol. The molecule has 0 atom stereocenters. The lowest BCUT2D eigenvalue weighted by Gasteiger charge is -1.96. The van der Waals surface area contributed by atoms with Crippen LogP contribution in [0.2, 0.25) is 5.02 Å². The molecular formula is C9H6ClNO2.